The van der Waals surface area contributed by atoms with Crippen LogP contribution >= 0.6 is 0 Å². The van der Waals surface area contributed by atoms with Crippen LogP contribution in [0.5, 0.6) is 23.0 Å². The van der Waals surface area contributed by atoms with Crippen molar-refractivity contribution in [1.29, 1.82) is 0 Å². The zero-order valence-electron chi connectivity index (χ0n) is 21.7. The van der Waals surface area contributed by atoms with Gasteiger partial charge >= 0.3 is 5.97 Å². The molecule has 0 fully saturated rings. The molecule has 2 aliphatic rings. The number of rotatable bonds is 12. The number of carbonyl (C=O) groups excluding carboxylic acids is 2. The molecule has 5 N–H and O–H groups in total. The number of aromatic hydroxyl groups is 2. The van der Waals surface area contributed by atoms with Crippen LogP contribution in [0.4, 0.5) is 0 Å². The number of esters is 1. The Morgan fingerprint density at radius 1 is 0.800 bits per heavy atom. The zero-order valence-corrected chi connectivity index (χ0v) is 21.7. The molecule has 0 aliphatic carbocycles. The second-order valence-corrected chi connectivity index (χ2v) is 9.18. The summed E-state index contributed by atoms with van der Waals surface area (Å²) in [7, 11) is 0. The largest absolute Gasteiger partial charge is 0.508 e. The monoisotopic (exact) mass is 550 g/mol. The summed E-state index contributed by atoms with van der Waals surface area (Å²) in [6.45, 7) is 3.26. The molecule has 3 aromatic carbocycles. The van der Waals surface area contributed by atoms with E-state index in [2.05, 4.69) is 5.32 Å². The number of ether oxygens (including phenoxy) is 5. The summed E-state index contributed by atoms with van der Waals surface area (Å²) in [6, 6.07) is 13.9. The Morgan fingerprint density at radius 3 is 2.00 bits per heavy atom. The maximum atomic E-state index is 13.2. The fourth-order valence-electron chi connectivity index (χ4n) is 4.81. The number of fused-ring (bicyclic) bond motifs is 6. The van der Waals surface area contributed by atoms with Crippen LogP contribution in [0.15, 0.2) is 54.6 Å². The van der Waals surface area contributed by atoms with Crippen molar-refractivity contribution in [3.05, 3.63) is 82.4 Å². The van der Waals surface area contributed by atoms with E-state index in [1.54, 1.807) is 24.3 Å². The van der Waals surface area contributed by atoms with Crippen molar-refractivity contribution in [2.75, 3.05) is 52.7 Å². The van der Waals surface area contributed by atoms with Crippen LogP contribution in [0.1, 0.15) is 37.4 Å². The van der Waals surface area contributed by atoms with Gasteiger partial charge in [-0.3, -0.25) is 4.79 Å². The second kappa shape index (κ2) is 11.9. The summed E-state index contributed by atoms with van der Waals surface area (Å²) in [4.78, 5) is 26.0. The number of nitrogens with two attached hydrogens (primary N) is 1. The lowest BCUT2D eigenvalue weighted by molar-refractivity contribution is 0.0166. The van der Waals surface area contributed by atoms with E-state index in [-0.39, 0.29) is 46.6 Å². The molecule has 0 saturated carbocycles. The van der Waals surface area contributed by atoms with Crippen LogP contribution in [-0.4, -0.2) is 74.8 Å². The fourth-order valence-corrected chi connectivity index (χ4v) is 4.81. The zero-order chi connectivity index (χ0) is 28.1. The minimum Gasteiger partial charge on any atom is -0.508 e. The molecule has 11 nitrogen and oxygen atoms in total. The Balaban J connectivity index is 1.27. The van der Waals surface area contributed by atoms with Crippen molar-refractivity contribution in [3.63, 3.8) is 0 Å². The van der Waals surface area contributed by atoms with Crippen molar-refractivity contribution in [1.82, 2.24) is 5.32 Å². The predicted molar refractivity (Wildman–Crippen MR) is 142 cm³/mol. The third kappa shape index (κ3) is 5.32. The van der Waals surface area contributed by atoms with Crippen LogP contribution in [0.25, 0.3) is 0 Å². The van der Waals surface area contributed by atoms with E-state index < -0.39 is 11.6 Å². The van der Waals surface area contributed by atoms with Crippen molar-refractivity contribution in [2.24, 2.45) is 5.73 Å². The van der Waals surface area contributed by atoms with Gasteiger partial charge in [-0.05, 0) is 36.4 Å². The van der Waals surface area contributed by atoms with Crippen molar-refractivity contribution >= 4 is 11.9 Å². The van der Waals surface area contributed by atoms with Crippen LogP contribution in [0, 0.1) is 0 Å². The lowest BCUT2D eigenvalue weighted by Crippen LogP contribution is -2.33. The smallest absolute Gasteiger partial charge is 0.340 e. The van der Waals surface area contributed by atoms with E-state index in [1.165, 1.54) is 30.3 Å². The first-order valence-corrected chi connectivity index (χ1v) is 12.9. The minimum absolute atomic E-state index is 0.0292. The second-order valence-electron chi connectivity index (χ2n) is 9.18. The van der Waals surface area contributed by atoms with Crippen LogP contribution in [0.3, 0.4) is 0 Å². The SMILES string of the molecule is NCCOCCOCCOCCNC(=O)c1ccc2c(c1)C(=O)OC21c2ccc(O)cc2Oc2cc(O)ccc21. The first-order chi connectivity index (χ1) is 19.4. The van der Waals surface area contributed by atoms with Crippen molar-refractivity contribution in [3.8, 4) is 23.0 Å². The van der Waals surface area contributed by atoms with E-state index >= 15 is 0 Å². The van der Waals surface area contributed by atoms with Gasteiger partial charge in [-0.15, -0.1) is 0 Å². The molecule has 0 radical (unpaired) electrons. The predicted octanol–water partition coefficient (Wildman–Crippen LogP) is 2.40. The molecule has 2 heterocycles. The number of hydrogen-bond donors (Lipinski definition) is 4. The van der Waals surface area contributed by atoms with E-state index in [4.69, 9.17) is 29.4 Å². The van der Waals surface area contributed by atoms with Crippen LogP contribution < -0.4 is 15.8 Å². The van der Waals surface area contributed by atoms with Gasteiger partial charge in [0.25, 0.3) is 5.91 Å². The molecule has 0 saturated heterocycles. The molecule has 1 amide bonds. The molecule has 0 atom stereocenters. The summed E-state index contributed by atoms with van der Waals surface area (Å²) in [5.41, 5.74) is 6.03. The van der Waals surface area contributed by atoms with Crippen LogP contribution in [0.2, 0.25) is 0 Å². The third-order valence-electron chi connectivity index (χ3n) is 6.57. The molecule has 5 rings (SSSR count). The van der Waals surface area contributed by atoms with Crippen molar-refractivity contribution in [2.45, 2.75) is 5.60 Å². The highest BCUT2D eigenvalue weighted by molar-refractivity contribution is 6.01. The van der Waals surface area contributed by atoms with Gasteiger partial charge in [0.05, 0.1) is 45.2 Å². The number of benzene rings is 3. The maximum Gasteiger partial charge on any atom is 0.340 e. The first kappa shape index (κ1) is 27.4. The van der Waals surface area contributed by atoms with E-state index in [1.807, 2.05) is 0 Å². The van der Waals surface area contributed by atoms with Gasteiger partial charge < -0.3 is 44.9 Å². The summed E-state index contributed by atoms with van der Waals surface area (Å²) < 4.78 is 28.0. The highest BCUT2D eigenvalue weighted by atomic mass is 16.6. The Morgan fingerprint density at radius 2 is 1.38 bits per heavy atom. The van der Waals surface area contributed by atoms with Gasteiger partial charge in [0.2, 0.25) is 0 Å². The summed E-state index contributed by atoms with van der Waals surface area (Å²) in [5.74, 6) is -0.466. The van der Waals surface area contributed by atoms with Crippen molar-refractivity contribution < 1.29 is 43.5 Å². The highest BCUT2D eigenvalue weighted by Gasteiger charge is 2.53. The number of amides is 1. The summed E-state index contributed by atoms with van der Waals surface area (Å²) >= 11 is 0. The van der Waals surface area contributed by atoms with Gasteiger partial charge in [0, 0.05) is 47.5 Å². The van der Waals surface area contributed by atoms with E-state index in [0.29, 0.717) is 62.9 Å². The molecule has 40 heavy (non-hydrogen) atoms. The van der Waals surface area contributed by atoms with Gasteiger partial charge in [-0.25, -0.2) is 4.79 Å². The Bertz CT molecular complexity index is 1360. The van der Waals surface area contributed by atoms with Gasteiger partial charge in [0.1, 0.15) is 23.0 Å². The lowest BCUT2D eigenvalue weighted by atomic mass is 9.77. The molecule has 3 aromatic rings. The minimum atomic E-state index is -1.38. The molecular formula is C29H30N2O9. The van der Waals surface area contributed by atoms with Gasteiger partial charge in [0.15, 0.2) is 5.60 Å². The normalized spacial score (nSPS) is 14.2. The molecule has 210 valence electrons. The first-order valence-electron chi connectivity index (χ1n) is 12.9. The van der Waals surface area contributed by atoms with E-state index in [0.717, 1.165) is 0 Å². The number of carbonyl (C=O) groups is 2. The quantitative estimate of drug-likeness (QED) is 0.195. The number of nitrogens with one attached hydrogen (secondary N) is 1. The average molecular weight is 551 g/mol. The Hall–Kier alpha value is -4.16. The number of phenolic OH excluding ortho intramolecular Hbond substituents is 2. The molecule has 1 spiro atoms. The third-order valence-corrected chi connectivity index (χ3v) is 6.57. The summed E-state index contributed by atoms with van der Waals surface area (Å²) in [5, 5.41) is 22.9. The summed E-state index contributed by atoms with van der Waals surface area (Å²) in [6.07, 6.45) is 0. The Kier molecular flexibility index (Phi) is 8.17. The molecular weight excluding hydrogens is 520 g/mol. The molecule has 0 bridgehead atoms. The molecule has 11 heteroatoms. The molecule has 0 unspecified atom stereocenters. The van der Waals surface area contributed by atoms with Crippen LogP contribution in [-0.2, 0) is 24.5 Å². The fraction of sp³-hybridized carbons (Fsp3) is 0.310. The standard InChI is InChI=1S/C29H30N2O9/c30-7-9-36-11-13-38-14-12-37-10-8-31-27(34)18-1-4-22-21(15-18)28(35)40-29(22)23-5-2-19(32)16-25(23)39-26-17-20(33)3-6-24(26)29/h1-6,15-17,32-33H,7-14,30H2,(H,31,34). The number of hydrogen-bond acceptors (Lipinski definition) is 10. The topological polar surface area (TPSA) is 159 Å². The average Bonchev–Trinajstić information content (AvgIpc) is 3.23. The Labute approximate surface area is 230 Å². The molecule has 0 aromatic heterocycles. The van der Waals surface area contributed by atoms with Gasteiger partial charge in [-0.2, -0.15) is 0 Å². The van der Waals surface area contributed by atoms with E-state index in [9.17, 15) is 19.8 Å². The molecule has 2 aliphatic heterocycles. The van der Waals surface area contributed by atoms with Gasteiger partial charge in [-0.1, -0.05) is 6.07 Å². The highest BCUT2D eigenvalue weighted by Crippen LogP contribution is 2.57. The maximum absolute atomic E-state index is 13.2. The lowest BCUT2D eigenvalue weighted by Gasteiger charge is -2.36. The number of phenols is 2.